The molecule has 0 radical (unpaired) electrons. The van der Waals surface area contributed by atoms with Gasteiger partial charge in [-0.3, -0.25) is 0 Å². The van der Waals surface area contributed by atoms with Crippen LogP contribution in [-0.4, -0.2) is 20.2 Å². The Balaban J connectivity index is 2.80. The van der Waals surface area contributed by atoms with E-state index in [0.717, 1.165) is 40.7 Å². The number of halogens is 1. The highest BCUT2D eigenvalue weighted by Crippen LogP contribution is 2.33. The first-order chi connectivity index (χ1) is 11.8. The maximum absolute atomic E-state index is 11.2. The smallest absolute Gasteiger partial charge is 0.330 e. The van der Waals surface area contributed by atoms with Gasteiger partial charge in [-0.25, -0.2) is 4.79 Å². The van der Waals surface area contributed by atoms with Crippen LogP contribution in [0.25, 0.3) is 6.08 Å². The lowest BCUT2D eigenvalue weighted by atomic mass is 10.0. The van der Waals surface area contributed by atoms with E-state index >= 15 is 0 Å². The molecule has 0 aliphatic carbocycles. The number of rotatable bonds is 7. The molecule has 0 saturated carbocycles. The van der Waals surface area contributed by atoms with E-state index in [4.69, 9.17) is 16.3 Å². The number of ether oxygens (including phenoxy) is 2. The molecule has 136 valence electrons. The number of carbonyl (C=O) groups is 1. The van der Waals surface area contributed by atoms with Gasteiger partial charge in [0.2, 0.25) is 0 Å². The Morgan fingerprint density at radius 3 is 2.52 bits per heavy atom. The molecule has 25 heavy (non-hydrogen) atoms. The largest absolute Gasteiger partial charge is 0.495 e. The third kappa shape index (κ3) is 6.43. The van der Waals surface area contributed by atoms with Crippen LogP contribution in [0, 0.1) is 13.8 Å². The molecular weight excluding hydrogens is 336 g/mol. The summed E-state index contributed by atoms with van der Waals surface area (Å²) in [5, 5.41) is 0.651. The van der Waals surface area contributed by atoms with Crippen LogP contribution in [-0.2, 0) is 9.53 Å². The van der Waals surface area contributed by atoms with E-state index < -0.39 is 0 Å². The molecule has 1 rings (SSSR count). The second-order valence-corrected chi connectivity index (χ2v) is 6.46. The molecule has 0 N–H and O–H groups in total. The van der Waals surface area contributed by atoms with Crippen molar-refractivity contribution in [3.63, 3.8) is 0 Å². The lowest BCUT2D eigenvalue weighted by Gasteiger charge is -2.12. The van der Waals surface area contributed by atoms with Gasteiger partial charge in [-0.15, -0.1) is 0 Å². The Hall–Kier alpha value is -2.00. The van der Waals surface area contributed by atoms with Gasteiger partial charge >= 0.3 is 5.97 Å². The number of esters is 1. The number of aryl methyl sites for hydroxylation is 1. The number of hydrogen-bond donors (Lipinski definition) is 0. The first-order valence-corrected chi connectivity index (χ1v) is 8.61. The molecule has 0 spiro atoms. The van der Waals surface area contributed by atoms with Crippen LogP contribution in [0.5, 0.6) is 5.75 Å². The fourth-order valence-corrected chi connectivity index (χ4v) is 2.72. The molecule has 1 aromatic carbocycles. The zero-order valence-electron chi connectivity index (χ0n) is 15.9. The van der Waals surface area contributed by atoms with Crippen molar-refractivity contribution in [2.75, 3.05) is 14.2 Å². The van der Waals surface area contributed by atoms with E-state index in [9.17, 15) is 4.79 Å². The van der Waals surface area contributed by atoms with Gasteiger partial charge in [0.25, 0.3) is 0 Å². The van der Waals surface area contributed by atoms with E-state index in [1.54, 1.807) is 7.11 Å². The van der Waals surface area contributed by atoms with Crippen LogP contribution in [0.2, 0.25) is 5.02 Å². The Bertz CT molecular complexity index is 712. The van der Waals surface area contributed by atoms with Crippen LogP contribution in [0.4, 0.5) is 0 Å². The molecule has 0 aromatic heterocycles. The molecule has 0 aliphatic rings. The van der Waals surface area contributed by atoms with Crippen molar-refractivity contribution < 1.29 is 14.3 Å². The molecule has 3 nitrogen and oxygen atoms in total. The fraction of sp³-hybridized carbons (Fsp3) is 0.381. The van der Waals surface area contributed by atoms with Crippen LogP contribution in [0.15, 0.2) is 35.4 Å². The monoisotopic (exact) mass is 362 g/mol. The van der Waals surface area contributed by atoms with E-state index in [0.29, 0.717) is 10.8 Å². The normalized spacial score (nSPS) is 12.6. The summed E-state index contributed by atoms with van der Waals surface area (Å²) in [7, 11) is 3.01. The summed E-state index contributed by atoms with van der Waals surface area (Å²) < 4.78 is 9.92. The third-order valence-corrected chi connectivity index (χ3v) is 4.49. The van der Waals surface area contributed by atoms with Gasteiger partial charge in [0.05, 0.1) is 19.2 Å². The predicted octanol–water partition coefficient (Wildman–Crippen LogP) is 5.82. The Labute approximate surface area is 156 Å². The minimum Gasteiger partial charge on any atom is -0.495 e. The van der Waals surface area contributed by atoms with Gasteiger partial charge in [-0.05, 0) is 63.3 Å². The van der Waals surface area contributed by atoms with E-state index in [2.05, 4.69) is 29.9 Å². The van der Waals surface area contributed by atoms with Crippen LogP contribution in [0.1, 0.15) is 43.4 Å². The van der Waals surface area contributed by atoms with Crippen LogP contribution < -0.4 is 4.74 Å². The lowest BCUT2D eigenvalue weighted by molar-refractivity contribution is -0.134. The Morgan fingerprint density at radius 1 is 1.24 bits per heavy atom. The lowest BCUT2D eigenvalue weighted by Crippen LogP contribution is -1.95. The highest BCUT2D eigenvalue weighted by molar-refractivity contribution is 6.33. The van der Waals surface area contributed by atoms with Gasteiger partial charge in [0.1, 0.15) is 5.75 Å². The van der Waals surface area contributed by atoms with Crippen LogP contribution in [0.3, 0.4) is 0 Å². The average Bonchev–Trinajstić information content (AvgIpc) is 2.57. The summed E-state index contributed by atoms with van der Waals surface area (Å²) in [6.07, 6.45) is 9.55. The molecule has 0 saturated heterocycles. The van der Waals surface area contributed by atoms with E-state index in [1.165, 1.54) is 13.2 Å². The summed E-state index contributed by atoms with van der Waals surface area (Å²) in [5.74, 6) is 0.398. The molecular formula is C21H27ClO3. The second kappa shape index (κ2) is 10.1. The van der Waals surface area contributed by atoms with Crippen molar-refractivity contribution in [2.24, 2.45) is 0 Å². The van der Waals surface area contributed by atoms with Crippen molar-refractivity contribution >= 4 is 23.6 Å². The number of carbonyl (C=O) groups excluding carboxylic acids is 1. The summed E-state index contributed by atoms with van der Waals surface area (Å²) in [6.45, 7) is 8.04. The van der Waals surface area contributed by atoms with E-state index in [1.807, 2.05) is 26.8 Å². The first kappa shape index (κ1) is 21.0. The van der Waals surface area contributed by atoms with Gasteiger partial charge in [0, 0.05) is 6.08 Å². The number of methoxy groups -OCH3 is 2. The Morgan fingerprint density at radius 2 is 1.92 bits per heavy atom. The van der Waals surface area contributed by atoms with E-state index in [-0.39, 0.29) is 5.97 Å². The minimum absolute atomic E-state index is 0.305. The maximum Gasteiger partial charge on any atom is 0.330 e. The summed E-state index contributed by atoms with van der Waals surface area (Å²) in [6, 6.07) is 1.95. The third-order valence-electron chi connectivity index (χ3n) is 4.03. The molecule has 0 bridgehead atoms. The van der Waals surface area contributed by atoms with Gasteiger partial charge < -0.3 is 9.47 Å². The molecule has 1 aromatic rings. The molecule has 0 heterocycles. The molecule has 0 unspecified atom stereocenters. The van der Waals surface area contributed by atoms with Crippen LogP contribution >= 0.6 is 11.6 Å². The molecule has 0 atom stereocenters. The van der Waals surface area contributed by atoms with Crippen molar-refractivity contribution in [3.05, 3.63) is 57.2 Å². The molecule has 0 aliphatic heterocycles. The number of allylic oxidation sites excluding steroid dienone is 4. The van der Waals surface area contributed by atoms with Gasteiger partial charge in [-0.1, -0.05) is 41.0 Å². The van der Waals surface area contributed by atoms with Crippen molar-refractivity contribution in [1.29, 1.82) is 0 Å². The first-order valence-electron chi connectivity index (χ1n) is 8.23. The Kier molecular flexibility index (Phi) is 8.50. The highest BCUT2D eigenvalue weighted by Gasteiger charge is 2.10. The standard InChI is InChI=1S/C21H27ClO3/c1-14(8-7-9-15(2)12-20(23)25-6)10-11-18-16(3)13-19(24-5)21(22)17(18)4/h8,10-13H,7,9H2,1-6H3/b11-10+,14-8+,15-12+. The quantitative estimate of drug-likeness (QED) is 0.348. The SMILES string of the molecule is COC(=O)/C=C(\C)CC/C=C(C)/C=C/c1c(C)cc(OC)c(Cl)c1C. The summed E-state index contributed by atoms with van der Waals surface area (Å²) >= 11 is 6.34. The van der Waals surface area contributed by atoms with Crippen molar-refractivity contribution in [3.8, 4) is 5.75 Å². The topological polar surface area (TPSA) is 35.5 Å². The van der Waals surface area contributed by atoms with Gasteiger partial charge in [-0.2, -0.15) is 0 Å². The fourth-order valence-electron chi connectivity index (χ4n) is 2.48. The highest BCUT2D eigenvalue weighted by atomic mass is 35.5. The van der Waals surface area contributed by atoms with Crippen molar-refractivity contribution in [2.45, 2.75) is 40.5 Å². The number of hydrogen-bond acceptors (Lipinski definition) is 3. The van der Waals surface area contributed by atoms with Crippen molar-refractivity contribution in [1.82, 2.24) is 0 Å². The second-order valence-electron chi connectivity index (χ2n) is 6.08. The number of benzene rings is 1. The molecule has 0 fully saturated rings. The zero-order chi connectivity index (χ0) is 19.0. The molecule has 0 amide bonds. The molecule has 4 heteroatoms. The summed E-state index contributed by atoms with van der Waals surface area (Å²) in [5.41, 5.74) is 5.42. The minimum atomic E-state index is -0.305. The summed E-state index contributed by atoms with van der Waals surface area (Å²) in [4.78, 5) is 11.2. The predicted molar refractivity (Wildman–Crippen MR) is 105 cm³/mol. The van der Waals surface area contributed by atoms with Gasteiger partial charge in [0.15, 0.2) is 0 Å². The zero-order valence-corrected chi connectivity index (χ0v) is 16.7. The average molecular weight is 363 g/mol. The maximum atomic E-state index is 11.2.